The molecule has 0 aromatic heterocycles. The zero-order chi connectivity index (χ0) is 13.4. The van der Waals surface area contributed by atoms with Gasteiger partial charge >= 0.3 is 5.97 Å². The lowest BCUT2D eigenvalue weighted by atomic mass is 10.0. The Morgan fingerprint density at radius 2 is 1.76 bits per heavy atom. The molecular weight excluding hydrogens is 222 g/mol. The van der Waals surface area contributed by atoms with Crippen LogP contribution in [-0.2, 0) is 9.59 Å². The fourth-order valence-electron chi connectivity index (χ4n) is 1.62. The molecule has 17 heavy (non-hydrogen) atoms. The average molecular weight is 245 g/mol. The number of rotatable bonds is 8. The number of carboxylic acid groups (broad SMARTS) is 1. The highest BCUT2D eigenvalue weighted by atomic mass is 16.4. The molecule has 100 valence electrons. The quantitative estimate of drug-likeness (QED) is 0.595. The number of aliphatic hydroxyl groups excluding tert-OH is 1. The zero-order valence-corrected chi connectivity index (χ0v) is 10.8. The number of aliphatic hydroxyl groups is 1. The average Bonchev–Trinajstić information content (AvgIpc) is 2.12. The second-order valence-electron chi connectivity index (χ2n) is 4.99. The van der Waals surface area contributed by atoms with E-state index < -0.39 is 12.1 Å². The summed E-state index contributed by atoms with van der Waals surface area (Å²) in [5.41, 5.74) is 0. The van der Waals surface area contributed by atoms with Crippen molar-refractivity contribution >= 4 is 11.9 Å². The smallest absolute Gasteiger partial charge is 0.303 e. The first-order valence-electron chi connectivity index (χ1n) is 5.97. The van der Waals surface area contributed by atoms with Gasteiger partial charge in [-0.25, -0.2) is 0 Å². The Labute approximate surface area is 102 Å². The van der Waals surface area contributed by atoms with Crippen LogP contribution in [-0.4, -0.2) is 34.7 Å². The molecule has 0 fully saturated rings. The number of aliphatic carboxylic acids is 1. The van der Waals surface area contributed by atoms with Crippen molar-refractivity contribution in [2.24, 2.45) is 11.8 Å². The molecule has 0 saturated heterocycles. The third-order valence-electron chi connectivity index (χ3n) is 2.34. The van der Waals surface area contributed by atoms with Crippen molar-refractivity contribution in [1.29, 1.82) is 0 Å². The van der Waals surface area contributed by atoms with E-state index in [2.05, 4.69) is 5.32 Å². The number of carboxylic acids is 1. The minimum atomic E-state index is -0.898. The van der Waals surface area contributed by atoms with E-state index >= 15 is 0 Å². The second kappa shape index (κ2) is 8.06. The van der Waals surface area contributed by atoms with E-state index in [-0.39, 0.29) is 31.2 Å². The van der Waals surface area contributed by atoms with Crippen molar-refractivity contribution in [2.75, 3.05) is 6.54 Å². The Hall–Kier alpha value is -1.10. The predicted molar refractivity (Wildman–Crippen MR) is 64.5 cm³/mol. The van der Waals surface area contributed by atoms with Crippen molar-refractivity contribution in [1.82, 2.24) is 5.32 Å². The number of carbonyl (C=O) groups excluding carboxylic acids is 1. The van der Waals surface area contributed by atoms with Crippen molar-refractivity contribution < 1.29 is 19.8 Å². The molecule has 0 rings (SSSR count). The van der Waals surface area contributed by atoms with Gasteiger partial charge in [-0.2, -0.15) is 0 Å². The maximum atomic E-state index is 11.4. The fraction of sp³-hybridized carbons (Fsp3) is 0.833. The van der Waals surface area contributed by atoms with Crippen LogP contribution in [0.3, 0.4) is 0 Å². The summed E-state index contributed by atoms with van der Waals surface area (Å²) in [6.07, 6.45) is 0.280. The molecule has 2 atom stereocenters. The van der Waals surface area contributed by atoms with Crippen LogP contribution >= 0.6 is 0 Å². The lowest BCUT2D eigenvalue weighted by Crippen LogP contribution is -2.33. The van der Waals surface area contributed by atoms with Crippen LogP contribution in [0, 0.1) is 11.8 Å². The summed E-state index contributed by atoms with van der Waals surface area (Å²) in [5, 5.41) is 20.7. The van der Waals surface area contributed by atoms with Crippen LogP contribution in [0.5, 0.6) is 0 Å². The number of amides is 1. The van der Waals surface area contributed by atoms with Crippen LogP contribution in [0.2, 0.25) is 0 Å². The highest BCUT2D eigenvalue weighted by Gasteiger charge is 2.14. The highest BCUT2D eigenvalue weighted by molar-refractivity contribution is 5.77. The molecule has 0 bridgehead atoms. The lowest BCUT2D eigenvalue weighted by molar-refractivity contribution is -0.138. The van der Waals surface area contributed by atoms with Gasteiger partial charge in [0.1, 0.15) is 0 Å². The van der Waals surface area contributed by atoms with E-state index in [0.29, 0.717) is 12.3 Å². The molecular formula is C12H23NO4. The number of hydrogen-bond acceptors (Lipinski definition) is 3. The number of nitrogens with one attached hydrogen (secondary N) is 1. The molecule has 0 aliphatic carbocycles. The molecule has 3 N–H and O–H groups in total. The first-order valence-corrected chi connectivity index (χ1v) is 5.97. The third-order valence-corrected chi connectivity index (χ3v) is 2.34. The van der Waals surface area contributed by atoms with Gasteiger partial charge in [0, 0.05) is 19.4 Å². The van der Waals surface area contributed by atoms with Gasteiger partial charge in [0.05, 0.1) is 6.10 Å². The molecule has 5 heteroatoms. The van der Waals surface area contributed by atoms with Crippen LogP contribution < -0.4 is 5.32 Å². The summed E-state index contributed by atoms with van der Waals surface area (Å²) < 4.78 is 0. The van der Waals surface area contributed by atoms with E-state index in [1.54, 1.807) is 6.92 Å². The SMILES string of the molecule is CC(C)CC(O)CNC(=O)CC(C)CC(=O)O. The van der Waals surface area contributed by atoms with E-state index in [1.165, 1.54) is 0 Å². The zero-order valence-electron chi connectivity index (χ0n) is 10.8. The molecule has 0 aliphatic rings. The van der Waals surface area contributed by atoms with Crippen LogP contribution in [0.25, 0.3) is 0 Å². The van der Waals surface area contributed by atoms with E-state index in [1.807, 2.05) is 13.8 Å². The molecule has 5 nitrogen and oxygen atoms in total. The molecule has 0 spiro atoms. The van der Waals surface area contributed by atoms with Gasteiger partial charge in [-0.15, -0.1) is 0 Å². The van der Waals surface area contributed by atoms with Crippen molar-refractivity contribution in [2.45, 2.75) is 46.1 Å². The predicted octanol–water partition coefficient (Wildman–Crippen LogP) is 1.01. The standard InChI is InChI=1S/C12H23NO4/c1-8(2)4-10(14)7-13-11(15)5-9(3)6-12(16)17/h8-10,14H,4-7H2,1-3H3,(H,13,15)(H,16,17). The Kier molecular flexibility index (Phi) is 7.54. The summed E-state index contributed by atoms with van der Waals surface area (Å²) in [6, 6.07) is 0. The Morgan fingerprint density at radius 3 is 2.24 bits per heavy atom. The first-order chi connectivity index (χ1) is 7.81. The van der Waals surface area contributed by atoms with Gasteiger partial charge in [0.25, 0.3) is 0 Å². The van der Waals surface area contributed by atoms with Crippen LogP contribution in [0.4, 0.5) is 0 Å². The molecule has 0 aromatic rings. The molecule has 0 saturated carbocycles. The van der Waals surface area contributed by atoms with Crippen molar-refractivity contribution in [3.8, 4) is 0 Å². The van der Waals surface area contributed by atoms with Gasteiger partial charge in [-0.1, -0.05) is 20.8 Å². The van der Waals surface area contributed by atoms with Gasteiger partial charge in [-0.05, 0) is 18.3 Å². The van der Waals surface area contributed by atoms with Gasteiger partial charge in [0.2, 0.25) is 5.91 Å². The van der Waals surface area contributed by atoms with Crippen molar-refractivity contribution in [3.63, 3.8) is 0 Å². The topological polar surface area (TPSA) is 86.6 Å². The Balaban J connectivity index is 3.75. The minimum absolute atomic E-state index is 0.0119. The van der Waals surface area contributed by atoms with Gasteiger partial charge in [0.15, 0.2) is 0 Å². The summed E-state index contributed by atoms with van der Waals surface area (Å²) in [4.78, 5) is 21.8. The van der Waals surface area contributed by atoms with Crippen LogP contribution in [0.1, 0.15) is 40.0 Å². The first kappa shape index (κ1) is 15.9. The van der Waals surface area contributed by atoms with E-state index in [4.69, 9.17) is 5.11 Å². The summed E-state index contributed by atoms with van der Waals surface area (Å²) in [5.74, 6) is -0.908. The normalized spacial score (nSPS) is 14.4. The third kappa shape index (κ3) is 9.81. The number of hydrogen-bond donors (Lipinski definition) is 3. The Bertz CT molecular complexity index is 253. The lowest BCUT2D eigenvalue weighted by Gasteiger charge is -2.15. The number of carbonyl (C=O) groups is 2. The summed E-state index contributed by atoms with van der Waals surface area (Å²) >= 11 is 0. The molecule has 0 aliphatic heterocycles. The van der Waals surface area contributed by atoms with Crippen LogP contribution in [0.15, 0.2) is 0 Å². The molecule has 1 amide bonds. The van der Waals surface area contributed by atoms with Crippen molar-refractivity contribution in [3.05, 3.63) is 0 Å². The second-order valence-corrected chi connectivity index (χ2v) is 4.99. The molecule has 0 aromatic carbocycles. The maximum absolute atomic E-state index is 11.4. The highest BCUT2D eigenvalue weighted by Crippen LogP contribution is 2.07. The summed E-state index contributed by atoms with van der Waals surface area (Å²) in [7, 11) is 0. The monoisotopic (exact) mass is 245 g/mol. The molecule has 0 heterocycles. The largest absolute Gasteiger partial charge is 0.481 e. The molecule has 0 radical (unpaired) electrons. The van der Waals surface area contributed by atoms with E-state index in [0.717, 1.165) is 0 Å². The molecule has 2 unspecified atom stereocenters. The van der Waals surface area contributed by atoms with Gasteiger partial charge < -0.3 is 15.5 Å². The van der Waals surface area contributed by atoms with Gasteiger partial charge in [-0.3, -0.25) is 9.59 Å². The van der Waals surface area contributed by atoms with E-state index in [9.17, 15) is 14.7 Å². The maximum Gasteiger partial charge on any atom is 0.303 e. The fourth-order valence-corrected chi connectivity index (χ4v) is 1.62. The summed E-state index contributed by atoms with van der Waals surface area (Å²) in [6.45, 7) is 5.95. The minimum Gasteiger partial charge on any atom is -0.481 e. The Morgan fingerprint density at radius 1 is 1.18 bits per heavy atom.